The first-order chi connectivity index (χ1) is 13.4. The number of hydrogen-bond acceptors (Lipinski definition) is 5. The van der Waals surface area contributed by atoms with Gasteiger partial charge >= 0.3 is 0 Å². The molecule has 28 heavy (non-hydrogen) atoms. The Kier molecular flexibility index (Phi) is 8.13. The number of nitrogens with zero attached hydrogens (tertiary/aromatic N) is 1. The number of anilines is 1. The second-order valence-electron chi connectivity index (χ2n) is 6.47. The minimum absolute atomic E-state index is 0.0325. The molecule has 2 N–H and O–H groups in total. The molecule has 1 heterocycles. The van der Waals surface area contributed by atoms with E-state index in [0.717, 1.165) is 18.4 Å². The number of benzene rings is 1. The van der Waals surface area contributed by atoms with Crippen LogP contribution in [0.25, 0.3) is 0 Å². The van der Waals surface area contributed by atoms with Gasteiger partial charge in [-0.3, -0.25) is 14.6 Å². The average molecular weight is 404 g/mol. The fourth-order valence-corrected chi connectivity index (χ4v) is 3.85. The van der Waals surface area contributed by atoms with Crippen LogP contribution in [0.1, 0.15) is 42.1 Å². The average Bonchev–Trinajstić information content (AvgIpc) is 2.67. The highest BCUT2D eigenvalue weighted by atomic mass is 32.2. The van der Waals surface area contributed by atoms with Crippen molar-refractivity contribution in [2.24, 2.45) is 0 Å². The zero-order valence-electron chi connectivity index (χ0n) is 15.8. The van der Waals surface area contributed by atoms with Crippen LogP contribution in [-0.4, -0.2) is 36.7 Å². The standard InChI is InChI=1S/C20H25N3O4S/c1-2-3-4-12-28(26,27)15-19(24)22-14-16-6-5-7-18(13-16)23-20(25)17-8-10-21-11-9-17/h5-11,13H,2-4,12,14-15H2,1H3,(H,22,24)(H,23,25). The Morgan fingerprint density at radius 1 is 1.07 bits per heavy atom. The Morgan fingerprint density at radius 3 is 2.54 bits per heavy atom. The molecule has 0 aliphatic heterocycles. The first-order valence-electron chi connectivity index (χ1n) is 9.17. The van der Waals surface area contributed by atoms with Gasteiger partial charge < -0.3 is 10.6 Å². The monoisotopic (exact) mass is 403 g/mol. The Labute approximate surface area is 165 Å². The molecule has 0 aliphatic rings. The largest absolute Gasteiger partial charge is 0.351 e. The van der Waals surface area contributed by atoms with Crippen molar-refractivity contribution in [1.82, 2.24) is 10.3 Å². The summed E-state index contributed by atoms with van der Waals surface area (Å²) in [6.07, 6.45) is 5.41. The normalized spacial score (nSPS) is 11.0. The van der Waals surface area contributed by atoms with E-state index in [1.165, 1.54) is 12.4 Å². The van der Waals surface area contributed by atoms with E-state index in [-0.39, 0.29) is 18.2 Å². The van der Waals surface area contributed by atoms with E-state index >= 15 is 0 Å². The third kappa shape index (κ3) is 7.48. The van der Waals surface area contributed by atoms with Gasteiger partial charge in [0.25, 0.3) is 5.91 Å². The number of aromatic nitrogens is 1. The minimum atomic E-state index is -3.39. The van der Waals surface area contributed by atoms with Crippen LogP contribution >= 0.6 is 0 Å². The summed E-state index contributed by atoms with van der Waals surface area (Å²) in [5, 5.41) is 5.40. The lowest BCUT2D eigenvalue weighted by molar-refractivity contribution is -0.118. The summed E-state index contributed by atoms with van der Waals surface area (Å²) in [5.41, 5.74) is 1.83. The van der Waals surface area contributed by atoms with Gasteiger partial charge in [-0.05, 0) is 36.2 Å². The van der Waals surface area contributed by atoms with Crippen molar-refractivity contribution < 1.29 is 18.0 Å². The van der Waals surface area contributed by atoms with Crippen LogP contribution in [0, 0.1) is 0 Å². The number of nitrogens with one attached hydrogen (secondary N) is 2. The molecule has 2 amide bonds. The zero-order chi connectivity index (χ0) is 20.4. The Hall–Kier alpha value is -2.74. The molecule has 1 aromatic heterocycles. The van der Waals surface area contributed by atoms with Crippen LogP contribution in [0.2, 0.25) is 0 Å². The van der Waals surface area contributed by atoms with Crippen LogP contribution in [-0.2, 0) is 21.2 Å². The van der Waals surface area contributed by atoms with E-state index in [9.17, 15) is 18.0 Å². The first-order valence-corrected chi connectivity index (χ1v) is 11.0. The molecule has 0 fully saturated rings. The second-order valence-corrected chi connectivity index (χ2v) is 8.65. The number of sulfone groups is 1. The number of rotatable bonds is 10. The number of pyridine rings is 1. The lowest BCUT2D eigenvalue weighted by Gasteiger charge is -2.09. The van der Waals surface area contributed by atoms with Crippen molar-refractivity contribution >= 4 is 27.3 Å². The molecular weight excluding hydrogens is 378 g/mol. The highest BCUT2D eigenvalue weighted by molar-refractivity contribution is 7.92. The summed E-state index contributed by atoms with van der Waals surface area (Å²) >= 11 is 0. The van der Waals surface area contributed by atoms with E-state index in [0.29, 0.717) is 17.7 Å². The quantitative estimate of drug-likeness (QED) is 0.593. The van der Waals surface area contributed by atoms with E-state index in [1.807, 2.05) is 6.92 Å². The number of carbonyl (C=O) groups is 2. The highest BCUT2D eigenvalue weighted by Crippen LogP contribution is 2.12. The lowest BCUT2D eigenvalue weighted by Crippen LogP contribution is -2.31. The van der Waals surface area contributed by atoms with Gasteiger partial charge in [0.1, 0.15) is 5.75 Å². The van der Waals surface area contributed by atoms with Gasteiger partial charge in [-0.15, -0.1) is 0 Å². The van der Waals surface area contributed by atoms with Gasteiger partial charge in [0.2, 0.25) is 5.91 Å². The van der Waals surface area contributed by atoms with Gasteiger partial charge in [-0.25, -0.2) is 8.42 Å². The summed E-state index contributed by atoms with van der Waals surface area (Å²) in [6.45, 7) is 2.18. The molecule has 7 nitrogen and oxygen atoms in total. The molecule has 0 radical (unpaired) electrons. The molecule has 0 aliphatic carbocycles. The molecule has 2 rings (SSSR count). The molecule has 0 saturated heterocycles. The fourth-order valence-electron chi connectivity index (χ4n) is 2.56. The van der Waals surface area contributed by atoms with Crippen LogP contribution in [0.3, 0.4) is 0 Å². The van der Waals surface area contributed by atoms with Crippen LogP contribution in [0.4, 0.5) is 5.69 Å². The van der Waals surface area contributed by atoms with Crippen molar-refractivity contribution in [2.75, 3.05) is 16.8 Å². The van der Waals surface area contributed by atoms with Gasteiger partial charge in [0.05, 0.1) is 5.75 Å². The first kappa shape index (κ1) is 21.6. The van der Waals surface area contributed by atoms with Crippen molar-refractivity contribution in [2.45, 2.75) is 32.7 Å². The van der Waals surface area contributed by atoms with Crippen LogP contribution in [0.5, 0.6) is 0 Å². The van der Waals surface area contributed by atoms with E-state index in [4.69, 9.17) is 0 Å². The molecule has 8 heteroatoms. The number of unbranched alkanes of at least 4 members (excludes halogenated alkanes) is 2. The van der Waals surface area contributed by atoms with Crippen molar-refractivity contribution in [1.29, 1.82) is 0 Å². The molecule has 0 bridgehead atoms. The number of hydrogen-bond donors (Lipinski definition) is 2. The summed E-state index contributed by atoms with van der Waals surface area (Å²) in [7, 11) is -3.39. The molecule has 0 saturated carbocycles. The van der Waals surface area contributed by atoms with Crippen molar-refractivity contribution in [3.63, 3.8) is 0 Å². The van der Waals surface area contributed by atoms with Gasteiger partial charge in [-0.1, -0.05) is 31.9 Å². The van der Waals surface area contributed by atoms with Gasteiger partial charge in [0.15, 0.2) is 9.84 Å². The second kappa shape index (κ2) is 10.6. The number of carbonyl (C=O) groups excluding carboxylic acids is 2. The topological polar surface area (TPSA) is 105 Å². The number of amides is 2. The third-order valence-corrected chi connectivity index (χ3v) is 5.64. The van der Waals surface area contributed by atoms with E-state index in [2.05, 4.69) is 15.6 Å². The maximum Gasteiger partial charge on any atom is 0.255 e. The summed E-state index contributed by atoms with van der Waals surface area (Å²) in [6, 6.07) is 10.2. The highest BCUT2D eigenvalue weighted by Gasteiger charge is 2.16. The maximum atomic E-state index is 12.2. The smallest absolute Gasteiger partial charge is 0.255 e. The zero-order valence-corrected chi connectivity index (χ0v) is 16.7. The molecular formula is C20H25N3O4S. The molecule has 2 aromatic rings. The van der Waals surface area contributed by atoms with Crippen molar-refractivity contribution in [3.05, 3.63) is 59.9 Å². The molecule has 0 atom stereocenters. The van der Waals surface area contributed by atoms with Gasteiger partial charge in [-0.2, -0.15) is 0 Å². The van der Waals surface area contributed by atoms with E-state index in [1.54, 1.807) is 36.4 Å². The SMILES string of the molecule is CCCCCS(=O)(=O)CC(=O)NCc1cccc(NC(=O)c2ccncc2)c1. The maximum absolute atomic E-state index is 12.2. The van der Waals surface area contributed by atoms with Gasteiger partial charge in [0, 0.05) is 30.2 Å². The third-order valence-electron chi connectivity index (χ3n) is 4.03. The Morgan fingerprint density at radius 2 is 1.82 bits per heavy atom. The summed E-state index contributed by atoms with van der Waals surface area (Å²) in [5.74, 6) is -1.26. The van der Waals surface area contributed by atoms with Crippen LogP contribution in [0.15, 0.2) is 48.8 Å². The summed E-state index contributed by atoms with van der Waals surface area (Å²) < 4.78 is 23.8. The molecule has 1 aromatic carbocycles. The molecule has 150 valence electrons. The predicted molar refractivity (Wildman–Crippen MR) is 109 cm³/mol. The Balaban J connectivity index is 1.87. The Bertz CT molecular complexity index is 899. The molecule has 0 unspecified atom stereocenters. The fraction of sp³-hybridized carbons (Fsp3) is 0.350. The minimum Gasteiger partial charge on any atom is -0.351 e. The van der Waals surface area contributed by atoms with Crippen LogP contribution < -0.4 is 10.6 Å². The molecule has 0 spiro atoms. The predicted octanol–water partition coefficient (Wildman–Crippen LogP) is 2.56. The van der Waals surface area contributed by atoms with E-state index < -0.39 is 21.5 Å². The summed E-state index contributed by atoms with van der Waals surface area (Å²) in [4.78, 5) is 28.0. The van der Waals surface area contributed by atoms with Crippen molar-refractivity contribution in [3.8, 4) is 0 Å². The lowest BCUT2D eigenvalue weighted by atomic mass is 10.2.